The first-order valence-electron chi connectivity index (χ1n) is 19.4. The summed E-state index contributed by atoms with van der Waals surface area (Å²) in [5, 5.41) is 5.13. The van der Waals surface area contributed by atoms with Gasteiger partial charge in [0.15, 0.2) is 0 Å². The van der Waals surface area contributed by atoms with Crippen LogP contribution in [0.2, 0.25) is 0 Å². The van der Waals surface area contributed by atoms with Gasteiger partial charge in [0, 0.05) is 59.3 Å². The van der Waals surface area contributed by atoms with Crippen LogP contribution in [0, 0.1) is 0 Å². The molecule has 11 rings (SSSR count). The first-order valence-corrected chi connectivity index (χ1v) is 20.2. The molecule has 0 unspecified atom stereocenters. The average Bonchev–Trinajstić information content (AvgIpc) is 3.83. The molecule has 2 aromatic heterocycles. The van der Waals surface area contributed by atoms with E-state index in [9.17, 15) is 0 Å². The molecule has 0 radical (unpaired) electrons. The van der Waals surface area contributed by atoms with E-state index < -0.39 is 0 Å². The fourth-order valence-corrected chi connectivity index (χ4v) is 9.79. The normalized spacial score (nSPS) is 11.5. The fourth-order valence-electron chi connectivity index (χ4n) is 8.56. The van der Waals surface area contributed by atoms with E-state index in [0.29, 0.717) is 0 Å². The molecule has 0 atom stereocenters. The van der Waals surface area contributed by atoms with Gasteiger partial charge in [-0.15, -0.1) is 11.3 Å². The zero-order chi connectivity index (χ0) is 37.7. The zero-order valence-corrected chi connectivity index (χ0v) is 31.9. The minimum atomic E-state index is 1.10. The van der Waals surface area contributed by atoms with E-state index in [1.54, 1.807) is 0 Å². The molecule has 0 amide bonds. The van der Waals surface area contributed by atoms with Crippen molar-refractivity contribution in [2.45, 2.75) is 0 Å². The van der Waals surface area contributed by atoms with E-state index in [1.165, 1.54) is 75.4 Å². The van der Waals surface area contributed by atoms with E-state index in [0.717, 1.165) is 22.7 Å². The maximum Gasteiger partial charge on any atom is 0.0547 e. The Morgan fingerprint density at radius 3 is 1.75 bits per heavy atom. The third kappa shape index (κ3) is 5.71. The molecule has 0 aliphatic rings. The van der Waals surface area contributed by atoms with Gasteiger partial charge >= 0.3 is 0 Å². The second-order valence-electron chi connectivity index (χ2n) is 14.5. The Bertz CT molecular complexity index is 3220. The summed E-state index contributed by atoms with van der Waals surface area (Å²) in [6, 6.07) is 79.3. The van der Waals surface area contributed by atoms with Gasteiger partial charge in [-0.1, -0.05) is 152 Å². The van der Waals surface area contributed by atoms with Crippen LogP contribution < -0.4 is 4.90 Å². The maximum atomic E-state index is 2.39. The van der Waals surface area contributed by atoms with Gasteiger partial charge in [0.2, 0.25) is 0 Å². The number of hydrogen-bond donors (Lipinski definition) is 0. The minimum Gasteiger partial charge on any atom is -0.310 e. The first-order chi connectivity index (χ1) is 28.3. The lowest BCUT2D eigenvalue weighted by atomic mass is 9.92. The number of aromatic nitrogens is 1. The van der Waals surface area contributed by atoms with Crippen molar-refractivity contribution in [1.82, 2.24) is 4.57 Å². The predicted octanol–water partition coefficient (Wildman–Crippen LogP) is 15.6. The number of hydrogen-bond acceptors (Lipinski definition) is 2. The summed E-state index contributed by atoms with van der Waals surface area (Å²) in [6.07, 6.45) is 0. The summed E-state index contributed by atoms with van der Waals surface area (Å²) in [5.74, 6) is 0. The lowest BCUT2D eigenvalue weighted by molar-refractivity contribution is 1.18. The third-order valence-electron chi connectivity index (χ3n) is 11.2. The summed E-state index contributed by atoms with van der Waals surface area (Å²) in [4.78, 5) is 2.38. The van der Waals surface area contributed by atoms with Gasteiger partial charge < -0.3 is 9.47 Å². The van der Waals surface area contributed by atoms with Crippen LogP contribution >= 0.6 is 11.3 Å². The second-order valence-corrected chi connectivity index (χ2v) is 15.6. The largest absolute Gasteiger partial charge is 0.310 e. The summed E-state index contributed by atoms with van der Waals surface area (Å²) < 4.78 is 5.01. The lowest BCUT2D eigenvalue weighted by Gasteiger charge is -2.27. The number of thiophene rings is 1. The molecule has 2 heterocycles. The van der Waals surface area contributed by atoms with E-state index >= 15 is 0 Å². The highest BCUT2D eigenvalue weighted by molar-refractivity contribution is 7.26. The van der Waals surface area contributed by atoms with E-state index in [2.05, 4.69) is 228 Å². The predicted molar refractivity (Wildman–Crippen MR) is 245 cm³/mol. The summed E-state index contributed by atoms with van der Waals surface area (Å²) in [5.41, 5.74) is 14.2. The van der Waals surface area contributed by atoms with Crippen LogP contribution in [-0.2, 0) is 0 Å². The third-order valence-corrected chi connectivity index (χ3v) is 12.4. The second kappa shape index (κ2) is 13.8. The van der Waals surface area contributed by atoms with Gasteiger partial charge in [0.1, 0.15) is 0 Å². The Hall–Kier alpha value is -7.20. The van der Waals surface area contributed by atoms with Crippen molar-refractivity contribution in [3.8, 4) is 39.1 Å². The van der Waals surface area contributed by atoms with E-state index in [-0.39, 0.29) is 0 Å². The number of rotatable bonds is 7. The van der Waals surface area contributed by atoms with Crippen LogP contribution in [0.4, 0.5) is 17.1 Å². The molecular formula is C54H36N2S. The molecule has 0 aliphatic heterocycles. The molecule has 0 N–H and O–H groups in total. The van der Waals surface area contributed by atoms with Crippen molar-refractivity contribution in [2.75, 3.05) is 4.90 Å². The molecule has 0 bridgehead atoms. The molecule has 0 spiro atoms. The molecule has 11 aromatic rings. The van der Waals surface area contributed by atoms with Crippen molar-refractivity contribution in [3.05, 3.63) is 218 Å². The Morgan fingerprint density at radius 1 is 0.333 bits per heavy atom. The molecule has 3 heteroatoms. The average molecular weight is 745 g/mol. The lowest BCUT2D eigenvalue weighted by Crippen LogP contribution is -2.10. The minimum absolute atomic E-state index is 1.10. The quantitative estimate of drug-likeness (QED) is 0.158. The zero-order valence-electron chi connectivity index (χ0n) is 31.1. The SMILES string of the molecule is c1ccc(-c2ccc(N(c3ccccc3)c3ccc(-c4ccc5c6ccccc6n(-c6ccccc6)c5c4)cc3)cc2-c2cccc3c2sc2ccccc23)cc1. The van der Waals surface area contributed by atoms with Gasteiger partial charge in [-0.05, 0) is 94.5 Å². The molecular weight excluding hydrogens is 709 g/mol. The maximum absolute atomic E-state index is 2.39. The van der Waals surface area contributed by atoms with Gasteiger partial charge in [0.05, 0.1) is 11.0 Å². The Labute approximate surface area is 335 Å². The molecule has 2 nitrogen and oxygen atoms in total. The molecule has 268 valence electrons. The van der Waals surface area contributed by atoms with Crippen molar-refractivity contribution in [1.29, 1.82) is 0 Å². The molecule has 57 heavy (non-hydrogen) atoms. The molecule has 0 saturated heterocycles. The van der Waals surface area contributed by atoms with Crippen molar-refractivity contribution in [2.24, 2.45) is 0 Å². The summed E-state index contributed by atoms with van der Waals surface area (Å²) in [6.45, 7) is 0. The number of anilines is 3. The summed E-state index contributed by atoms with van der Waals surface area (Å²) in [7, 11) is 0. The smallest absolute Gasteiger partial charge is 0.0547 e. The van der Waals surface area contributed by atoms with E-state index in [4.69, 9.17) is 0 Å². The Kier molecular flexibility index (Phi) is 8.04. The fraction of sp³-hybridized carbons (Fsp3) is 0. The number of nitrogens with zero attached hydrogens (tertiary/aromatic N) is 2. The number of benzene rings is 9. The van der Waals surface area contributed by atoms with Crippen molar-refractivity contribution >= 4 is 70.4 Å². The van der Waals surface area contributed by atoms with Crippen LogP contribution in [0.3, 0.4) is 0 Å². The number of para-hydroxylation sites is 3. The van der Waals surface area contributed by atoms with Crippen LogP contribution in [-0.4, -0.2) is 4.57 Å². The molecule has 0 saturated carbocycles. The summed E-state index contributed by atoms with van der Waals surface area (Å²) >= 11 is 1.88. The van der Waals surface area contributed by atoms with Crippen molar-refractivity contribution < 1.29 is 0 Å². The Balaban J connectivity index is 1.05. The van der Waals surface area contributed by atoms with Crippen molar-refractivity contribution in [3.63, 3.8) is 0 Å². The van der Waals surface area contributed by atoms with Gasteiger partial charge in [0.25, 0.3) is 0 Å². The standard InChI is InChI=1S/C54H36N2S/c1-4-15-38(16-5-1)44-34-32-43(36-50(44)49-24-14-23-48-47-22-11-13-26-53(47)57-54(48)49)55(40-17-6-2-7-18-40)42-30-27-37(28-31-42)39-29-33-46-45-21-10-12-25-51(45)56(52(46)35-39)41-19-8-3-9-20-41/h1-36H. The van der Waals surface area contributed by atoms with Gasteiger partial charge in [-0.3, -0.25) is 0 Å². The Morgan fingerprint density at radius 2 is 0.947 bits per heavy atom. The highest BCUT2D eigenvalue weighted by Crippen LogP contribution is 2.46. The molecule has 9 aromatic carbocycles. The highest BCUT2D eigenvalue weighted by atomic mass is 32.1. The van der Waals surface area contributed by atoms with Crippen LogP contribution in [0.1, 0.15) is 0 Å². The first kappa shape index (κ1) is 33.2. The highest BCUT2D eigenvalue weighted by Gasteiger charge is 2.19. The van der Waals surface area contributed by atoms with Gasteiger partial charge in [-0.2, -0.15) is 0 Å². The monoisotopic (exact) mass is 744 g/mol. The molecule has 0 aliphatic carbocycles. The van der Waals surface area contributed by atoms with Crippen LogP contribution in [0.25, 0.3) is 81.0 Å². The van der Waals surface area contributed by atoms with E-state index in [1.807, 2.05) is 11.3 Å². The topological polar surface area (TPSA) is 8.17 Å². The van der Waals surface area contributed by atoms with Crippen LogP contribution in [0.15, 0.2) is 218 Å². The van der Waals surface area contributed by atoms with Gasteiger partial charge in [-0.25, -0.2) is 0 Å². The molecule has 0 fully saturated rings. The number of fused-ring (bicyclic) bond motifs is 6. The van der Waals surface area contributed by atoms with Crippen LogP contribution in [0.5, 0.6) is 0 Å².